The van der Waals surface area contributed by atoms with Crippen LogP contribution in [0.5, 0.6) is 0 Å². The summed E-state index contributed by atoms with van der Waals surface area (Å²) in [5.41, 5.74) is -2.18. The first-order chi connectivity index (χ1) is 12.2. The minimum Gasteiger partial charge on any atom is -0.465 e. The quantitative estimate of drug-likeness (QED) is 0.704. The Hall–Kier alpha value is -3.14. The van der Waals surface area contributed by atoms with Crippen molar-refractivity contribution < 1.29 is 23.1 Å². The Labute approximate surface area is 147 Å². The lowest BCUT2D eigenvalue weighted by molar-refractivity contribution is -0.137. The average molecular weight is 385 g/mol. The zero-order chi connectivity index (χ0) is 19.1. The summed E-state index contributed by atoms with van der Waals surface area (Å²) in [6, 6.07) is 4.99. The van der Waals surface area contributed by atoms with Gasteiger partial charge >= 0.3 is 12.3 Å². The van der Waals surface area contributed by atoms with Gasteiger partial charge in [0.05, 0.1) is 33.4 Å². The number of nitrogens with one attached hydrogen (secondary N) is 1. The van der Waals surface area contributed by atoms with E-state index in [0.29, 0.717) is 16.8 Å². The molecule has 2 aromatic heterocycles. The van der Waals surface area contributed by atoms with Crippen molar-refractivity contribution in [1.82, 2.24) is 14.5 Å². The van der Waals surface area contributed by atoms with Gasteiger partial charge in [-0.05, 0) is 18.2 Å². The Morgan fingerprint density at radius 1 is 1.27 bits per heavy atom. The standard InChI is InChI=1S/C15H8ClF3N4O3/c16-9-2-1-3-10-11(9)12(24)23(13(21-10)22-14(25)26)8-4-7(5-20-6-8)15(17,18)19/h1-6H,(H,21,22)(H,25,26). The Morgan fingerprint density at radius 3 is 2.65 bits per heavy atom. The number of benzene rings is 1. The second kappa shape index (κ2) is 6.30. The summed E-state index contributed by atoms with van der Waals surface area (Å²) in [5, 5.41) is 10.8. The van der Waals surface area contributed by atoms with Crippen molar-refractivity contribution in [2.24, 2.45) is 0 Å². The monoisotopic (exact) mass is 384 g/mol. The van der Waals surface area contributed by atoms with E-state index >= 15 is 0 Å². The van der Waals surface area contributed by atoms with Gasteiger partial charge in [0.2, 0.25) is 5.95 Å². The minimum atomic E-state index is -4.70. The molecule has 0 fully saturated rings. The van der Waals surface area contributed by atoms with E-state index in [1.807, 2.05) is 5.32 Å². The van der Waals surface area contributed by atoms with Gasteiger partial charge < -0.3 is 5.11 Å². The first-order valence-electron chi connectivity index (χ1n) is 6.92. The van der Waals surface area contributed by atoms with E-state index in [9.17, 15) is 22.8 Å². The van der Waals surface area contributed by atoms with Gasteiger partial charge in [-0.15, -0.1) is 0 Å². The van der Waals surface area contributed by atoms with Crippen molar-refractivity contribution in [1.29, 1.82) is 0 Å². The van der Waals surface area contributed by atoms with Crippen molar-refractivity contribution in [2.75, 3.05) is 5.32 Å². The second-order valence-electron chi connectivity index (χ2n) is 5.07. The third-order valence-corrected chi connectivity index (χ3v) is 3.69. The van der Waals surface area contributed by atoms with Crippen LogP contribution >= 0.6 is 11.6 Å². The number of amides is 1. The van der Waals surface area contributed by atoms with E-state index in [1.165, 1.54) is 18.2 Å². The highest BCUT2D eigenvalue weighted by molar-refractivity contribution is 6.35. The molecule has 1 amide bonds. The molecule has 7 nitrogen and oxygen atoms in total. The van der Waals surface area contributed by atoms with E-state index < -0.39 is 29.3 Å². The number of hydrogen-bond acceptors (Lipinski definition) is 4. The largest absolute Gasteiger partial charge is 0.465 e. The van der Waals surface area contributed by atoms with Crippen LogP contribution in [0.4, 0.5) is 23.9 Å². The van der Waals surface area contributed by atoms with Crippen molar-refractivity contribution in [3.05, 3.63) is 57.6 Å². The fourth-order valence-corrected chi connectivity index (χ4v) is 2.56. The smallest absolute Gasteiger partial charge is 0.417 e. The summed E-state index contributed by atoms with van der Waals surface area (Å²) in [7, 11) is 0. The van der Waals surface area contributed by atoms with Gasteiger partial charge in [-0.3, -0.25) is 15.1 Å². The van der Waals surface area contributed by atoms with E-state index in [0.717, 1.165) is 6.20 Å². The van der Waals surface area contributed by atoms with Crippen LogP contribution in [0.15, 0.2) is 41.5 Å². The second-order valence-corrected chi connectivity index (χ2v) is 5.48. The number of carbonyl (C=O) groups is 1. The number of hydrogen-bond donors (Lipinski definition) is 2. The molecule has 2 N–H and O–H groups in total. The van der Waals surface area contributed by atoms with Crippen molar-refractivity contribution >= 4 is 34.5 Å². The third-order valence-electron chi connectivity index (χ3n) is 3.37. The van der Waals surface area contributed by atoms with Crippen LogP contribution in [0.2, 0.25) is 5.02 Å². The van der Waals surface area contributed by atoms with Crippen LogP contribution in [0, 0.1) is 0 Å². The highest BCUT2D eigenvalue weighted by Crippen LogP contribution is 2.30. The molecule has 0 bridgehead atoms. The van der Waals surface area contributed by atoms with Gasteiger partial charge in [-0.25, -0.2) is 14.3 Å². The number of carboxylic acid groups (broad SMARTS) is 1. The minimum absolute atomic E-state index is 0.0237. The predicted octanol–water partition coefficient (Wildman–Crippen LogP) is 3.54. The average Bonchev–Trinajstić information content (AvgIpc) is 2.53. The lowest BCUT2D eigenvalue weighted by Gasteiger charge is -2.14. The zero-order valence-corrected chi connectivity index (χ0v) is 13.3. The lowest BCUT2D eigenvalue weighted by Crippen LogP contribution is -2.26. The Kier molecular flexibility index (Phi) is 4.28. The molecule has 0 spiro atoms. The van der Waals surface area contributed by atoms with Crippen molar-refractivity contribution in [2.45, 2.75) is 6.18 Å². The summed E-state index contributed by atoms with van der Waals surface area (Å²) in [6.45, 7) is 0. The molecule has 3 aromatic rings. The summed E-state index contributed by atoms with van der Waals surface area (Å²) in [4.78, 5) is 31.3. The van der Waals surface area contributed by atoms with E-state index in [-0.39, 0.29) is 21.6 Å². The molecule has 134 valence electrons. The molecule has 0 aliphatic heterocycles. The van der Waals surface area contributed by atoms with Gasteiger partial charge in [0.25, 0.3) is 5.56 Å². The number of halogens is 4. The fraction of sp³-hybridized carbons (Fsp3) is 0.0667. The molecule has 3 rings (SSSR count). The molecule has 0 unspecified atom stereocenters. The van der Waals surface area contributed by atoms with Gasteiger partial charge in [-0.2, -0.15) is 13.2 Å². The summed E-state index contributed by atoms with van der Waals surface area (Å²) in [6.07, 6.45) is -4.68. The van der Waals surface area contributed by atoms with Crippen molar-refractivity contribution in [3.63, 3.8) is 0 Å². The molecule has 0 atom stereocenters. The van der Waals surface area contributed by atoms with Crippen LogP contribution in [-0.4, -0.2) is 25.7 Å². The normalized spacial score (nSPS) is 11.5. The van der Waals surface area contributed by atoms with Gasteiger partial charge in [0.15, 0.2) is 0 Å². The van der Waals surface area contributed by atoms with Crippen molar-refractivity contribution in [3.8, 4) is 5.69 Å². The van der Waals surface area contributed by atoms with Crippen LogP contribution in [0.25, 0.3) is 16.6 Å². The molecule has 0 saturated heterocycles. The molecule has 0 saturated carbocycles. The molecule has 0 aliphatic carbocycles. The topological polar surface area (TPSA) is 97.1 Å². The predicted molar refractivity (Wildman–Crippen MR) is 86.8 cm³/mol. The molecule has 0 aliphatic rings. The highest BCUT2D eigenvalue weighted by atomic mass is 35.5. The number of fused-ring (bicyclic) bond motifs is 1. The van der Waals surface area contributed by atoms with Gasteiger partial charge in [-0.1, -0.05) is 17.7 Å². The maximum Gasteiger partial charge on any atom is 0.417 e. The SMILES string of the molecule is O=C(O)Nc1nc2cccc(Cl)c2c(=O)n1-c1cncc(C(F)(F)F)c1. The Morgan fingerprint density at radius 2 is 2.00 bits per heavy atom. The van der Waals surface area contributed by atoms with Gasteiger partial charge in [0.1, 0.15) is 0 Å². The van der Waals surface area contributed by atoms with Crippen LogP contribution in [-0.2, 0) is 6.18 Å². The number of nitrogens with zero attached hydrogens (tertiary/aromatic N) is 3. The third kappa shape index (κ3) is 3.18. The van der Waals surface area contributed by atoms with Crippen LogP contribution < -0.4 is 10.9 Å². The van der Waals surface area contributed by atoms with E-state index in [4.69, 9.17) is 16.7 Å². The molecule has 26 heavy (non-hydrogen) atoms. The number of aromatic nitrogens is 3. The van der Waals surface area contributed by atoms with E-state index in [1.54, 1.807) is 0 Å². The fourth-order valence-electron chi connectivity index (χ4n) is 2.31. The number of anilines is 1. The Balaban J connectivity index is 2.37. The lowest BCUT2D eigenvalue weighted by atomic mass is 10.2. The van der Waals surface area contributed by atoms with Crippen LogP contribution in [0.3, 0.4) is 0 Å². The summed E-state index contributed by atoms with van der Waals surface area (Å²) < 4.78 is 39.5. The zero-order valence-electron chi connectivity index (χ0n) is 12.6. The van der Waals surface area contributed by atoms with Gasteiger partial charge in [0, 0.05) is 6.20 Å². The molecule has 11 heteroatoms. The molecule has 1 aromatic carbocycles. The first-order valence-corrected chi connectivity index (χ1v) is 7.30. The number of pyridine rings is 1. The number of rotatable bonds is 2. The maximum atomic E-state index is 12.9. The van der Waals surface area contributed by atoms with E-state index in [2.05, 4.69) is 9.97 Å². The summed E-state index contributed by atoms with van der Waals surface area (Å²) >= 11 is 6.00. The molecular weight excluding hydrogens is 377 g/mol. The summed E-state index contributed by atoms with van der Waals surface area (Å²) in [5.74, 6) is -0.488. The number of alkyl halides is 3. The van der Waals surface area contributed by atoms with Crippen LogP contribution in [0.1, 0.15) is 5.56 Å². The Bertz CT molecular complexity index is 1080. The highest BCUT2D eigenvalue weighted by Gasteiger charge is 2.31. The first kappa shape index (κ1) is 17.7. The maximum absolute atomic E-state index is 12.9. The molecule has 2 heterocycles. The molecular formula is C15H8ClF3N4O3. The molecule has 0 radical (unpaired) electrons.